The lowest BCUT2D eigenvalue weighted by molar-refractivity contribution is -0.156. The molecule has 152 valence electrons. The number of nitrogens with zero attached hydrogens (tertiary/aromatic N) is 3. The Bertz CT molecular complexity index is 1130. The van der Waals surface area contributed by atoms with Crippen molar-refractivity contribution < 1.29 is 9.59 Å². The lowest BCUT2D eigenvalue weighted by Gasteiger charge is -2.33. The monoisotopic (exact) mass is 420 g/mol. The zero-order valence-corrected chi connectivity index (χ0v) is 17.0. The fourth-order valence-corrected chi connectivity index (χ4v) is 3.59. The maximum absolute atomic E-state index is 12.6. The first-order chi connectivity index (χ1) is 14.5. The topological polar surface area (TPSA) is 79.5 Å². The Labute approximate surface area is 179 Å². The van der Waals surface area contributed by atoms with Crippen molar-refractivity contribution in [1.29, 1.82) is 0 Å². The number of halogens is 1. The summed E-state index contributed by atoms with van der Waals surface area (Å²) in [4.78, 5) is 32.6. The van der Waals surface area contributed by atoms with Gasteiger partial charge in [-0.15, -0.1) is 0 Å². The van der Waals surface area contributed by atoms with Gasteiger partial charge in [-0.1, -0.05) is 48.0 Å². The van der Waals surface area contributed by atoms with E-state index < -0.39 is 11.8 Å². The summed E-state index contributed by atoms with van der Waals surface area (Å²) in [7, 11) is 0. The quantitative estimate of drug-likeness (QED) is 0.642. The van der Waals surface area contributed by atoms with Crippen molar-refractivity contribution in [1.82, 2.24) is 14.8 Å². The van der Waals surface area contributed by atoms with E-state index in [1.54, 1.807) is 22.1 Å². The number of aromatic nitrogens is 1. The average molecular weight is 421 g/mol. The van der Waals surface area contributed by atoms with E-state index in [0.29, 0.717) is 36.9 Å². The number of carbonyl (C=O) groups excluding carboxylic acids is 2. The molecule has 0 unspecified atom stereocenters. The van der Waals surface area contributed by atoms with Gasteiger partial charge in [0.2, 0.25) is 0 Å². The predicted molar refractivity (Wildman–Crippen MR) is 119 cm³/mol. The zero-order valence-electron chi connectivity index (χ0n) is 16.3. The number of hydrogen-bond acceptors (Lipinski definition) is 4. The van der Waals surface area contributed by atoms with E-state index in [-0.39, 0.29) is 0 Å². The lowest BCUT2D eigenvalue weighted by Crippen LogP contribution is -2.53. The number of hydrogen-bond donors (Lipinski definition) is 1. The summed E-state index contributed by atoms with van der Waals surface area (Å²) in [5.74, 6) is -0.966. The molecule has 6 nitrogen and oxygen atoms in total. The molecule has 0 saturated carbocycles. The van der Waals surface area contributed by atoms with Gasteiger partial charge in [-0.2, -0.15) is 0 Å². The summed E-state index contributed by atoms with van der Waals surface area (Å²) in [5, 5.41) is 1.55. The van der Waals surface area contributed by atoms with Crippen LogP contribution in [0.1, 0.15) is 11.1 Å². The van der Waals surface area contributed by atoms with Crippen LogP contribution < -0.4 is 5.73 Å². The summed E-state index contributed by atoms with van der Waals surface area (Å²) in [6, 6.07) is 14.9. The molecule has 1 aliphatic heterocycles. The molecular formula is C23H21ClN4O2. The molecule has 1 saturated heterocycles. The third kappa shape index (κ3) is 4.28. The highest BCUT2D eigenvalue weighted by molar-refractivity contribution is 6.35. The summed E-state index contributed by atoms with van der Waals surface area (Å²) in [6.07, 6.45) is 5.45. The summed E-state index contributed by atoms with van der Waals surface area (Å²) in [5.41, 5.74) is 9.31. The van der Waals surface area contributed by atoms with Crippen molar-refractivity contribution in [3.05, 3.63) is 77.0 Å². The van der Waals surface area contributed by atoms with E-state index in [4.69, 9.17) is 17.3 Å². The second-order valence-corrected chi connectivity index (χ2v) is 7.62. The highest BCUT2D eigenvalue weighted by atomic mass is 35.5. The van der Waals surface area contributed by atoms with Gasteiger partial charge in [-0.05, 0) is 35.4 Å². The standard InChI is InChI=1S/C23H21ClN4O2/c24-18-6-3-16(4-7-18)2-1-11-27-12-13-28(23(30)22(27)29)15-17-5-8-19-20(25)9-10-26-21(19)14-17/h1-10,14H,11-13,15H2,(H2,25,26)/b2-1+. The molecule has 0 bridgehead atoms. The van der Waals surface area contributed by atoms with Crippen LogP contribution in [0.3, 0.4) is 0 Å². The molecule has 1 aliphatic rings. The van der Waals surface area contributed by atoms with Crippen LogP contribution in [-0.4, -0.2) is 46.2 Å². The molecule has 0 radical (unpaired) electrons. The van der Waals surface area contributed by atoms with Crippen LogP contribution in [0.4, 0.5) is 5.69 Å². The molecule has 2 heterocycles. The Kier molecular flexibility index (Phi) is 5.68. The van der Waals surface area contributed by atoms with Gasteiger partial charge in [0.1, 0.15) is 0 Å². The van der Waals surface area contributed by atoms with Crippen LogP contribution in [0.25, 0.3) is 17.0 Å². The third-order valence-electron chi connectivity index (χ3n) is 5.12. The van der Waals surface area contributed by atoms with Gasteiger partial charge in [0.25, 0.3) is 0 Å². The Hall–Kier alpha value is -3.38. The van der Waals surface area contributed by atoms with Crippen molar-refractivity contribution >= 4 is 46.1 Å². The van der Waals surface area contributed by atoms with Gasteiger partial charge in [0.05, 0.1) is 5.52 Å². The van der Waals surface area contributed by atoms with E-state index >= 15 is 0 Å². The van der Waals surface area contributed by atoms with Crippen LogP contribution in [0.2, 0.25) is 5.02 Å². The van der Waals surface area contributed by atoms with Crippen molar-refractivity contribution in [2.45, 2.75) is 6.54 Å². The maximum atomic E-state index is 12.6. The molecule has 7 heteroatoms. The van der Waals surface area contributed by atoms with Gasteiger partial charge in [0.15, 0.2) is 0 Å². The fraction of sp³-hybridized carbons (Fsp3) is 0.174. The number of piperazine rings is 1. The smallest absolute Gasteiger partial charge is 0.312 e. The maximum Gasteiger partial charge on any atom is 0.312 e. The van der Waals surface area contributed by atoms with E-state index in [0.717, 1.165) is 22.0 Å². The van der Waals surface area contributed by atoms with E-state index in [9.17, 15) is 9.59 Å². The first kappa shape index (κ1) is 19.9. The lowest BCUT2D eigenvalue weighted by atomic mass is 10.1. The first-order valence-corrected chi connectivity index (χ1v) is 10.0. The van der Waals surface area contributed by atoms with Crippen LogP contribution in [-0.2, 0) is 16.1 Å². The molecule has 2 amide bonds. The van der Waals surface area contributed by atoms with Crippen LogP contribution in [0, 0.1) is 0 Å². The van der Waals surface area contributed by atoms with Crippen LogP contribution in [0.5, 0.6) is 0 Å². The van der Waals surface area contributed by atoms with Gasteiger partial charge < -0.3 is 15.5 Å². The number of nitrogen functional groups attached to an aromatic ring is 1. The second-order valence-electron chi connectivity index (χ2n) is 7.18. The minimum atomic E-state index is -0.484. The molecule has 30 heavy (non-hydrogen) atoms. The molecule has 1 aromatic heterocycles. The van der Waals surface area contributed by atoms with Crippen LogP contribution in [0.15, 0.2) is 60.8 Å². The minimum Gasteiger partial charge on any atom is -0.398 e. The molecule has 2 aromatic carbocycles. The Morgan fingerprint density at radius 2 is 1.73 bits per heavy atom. The summed E-state index contributed by atoms with van der Waals surface area (Å²) < 4.78 is 0. The van der Waals surface area contributed by atoms with Crippen molar-refractivity contribution in [2.24, 2.45) is 0 Å². The third-order valence-corrected chi connectivity index (χ3v) is 5.37. The molecule has 4 rings (SSSR count). The molecule has 0 atom stereocenters. The molecular weight excluding hydrogens is 400 g/mol. The normalized spacial score (nSPS) is 14.8. The molecule has 3 aromatic rings. The van der Waals surface area contributed by atoms with Crippen LogP contribution >= 0.6 is 11.6 Å². The number of carbonyl (C=O) groups is 2. The molecule has 0 spiro atoms. The second kappa shape index (κ2) is 8.55. The number of rotatable bonds is 5. The summed E-state index contributed by atoms with van der Waals surface area (Å²) in [6.45, 7) is 1.74. The van der Waals surface area contributed by atoms with Gasteiger partial charge in [-0.25, -0.2) is 0 Å². The van der Waals surface area contributed by atoms with Crippen molar-refractivity contribution in [2.75, 3.05) is 25.4 Å². The molecule has 0 aliphatic carbocycles. The van der Waals surface area contributed by atoms with Crippen molar-refractivity contribution in [3.8, 4) is 0 Å². The molecule has 2 N–H and O–H groups in total. The zero-order chi connectivity index (χ0) is 21.1. The fourth-order valence-electron chi connectivity index (χ4n) is 3.46. The van der Waals surface area contributed by atoms with Crippen molar-refractivity contribution in [3.63, 3.8) is 0 Å². The largest absolute Gasteiger partial charge is 0.398 e. The van der Waals surface area contributed by atoms with Gasteiger partial charge in [-0.3, -0.25) is 14.6 Å². The Balaban J connectivity index is 1.38. The number of anilines is 1. The Morgan fingerprint density at radius 1 is 1.00 bits per heavy atom. The number of pyridine rings is 1. The van der Waals surface area contributed by atoms with E-state index in [1.807, 2.05) is 54.6 Å². The van der Waals surface area contributed by atoms with Gasteiger partial charge in [0, 0.05) is 48.5 Å². The first-order valence-electron chi connectivity index (χ1n) is 9.65. The van der Waals surface area contributed by atoms with E-state index in [2.05, 4.69) is 4.98 Å². The summed E-state index contributed by atoms with van der Waals surface area (Å²) >= 11 is 5.88. The average Bonchev–Trinajstić information content (AvgIpc) is 2.74. The highest BCUT2D eigenvalue weighted by Crippen LogP contribution is 2.21. The molecule has 1 fully saturated rings. The Morgan fingerprint density at radius 3 is 2.53 bits per heavy atom. The number of nitrogens with two attached hydrogens (primary N) is 1. The van der Waals surface area contributed by atoms with Gasteiger partial charge >= 0.3 is 11.8 Å². The minimum absolute atomic E-state index is 0.367. The number of amides is 2. The number of fused-ring (bicyclic) bond motifs is 1. The number of benzene rings is 2. The highest BCUT2D eigenvalue weighted by Gasteiger charge is 2.31. The SMILES string of the molecule is Nc1ccnc2cc(CN3CCN(C/C=C/c4ccc(Cl)cc4)C(=O)C3=O)ccc12. The predicted octanol–water partition coefficient (Wildman–Crippen LogP) is 3.35. The van der Waals surface area contributed by atoms with E-state index in [1.165, 1.54) is 0 Å².